The fourth-order valence-electron chi connectivity index (χ4n) is 1.25. The molecular weight excluding hydrogens is 132 g/mol. The van der Waals surface area contributed by atoms with E-state index < -0.39 is 0 Å². The Morgan fingerprint density at radius 3 is 1.82 bits per heavy atom. The van der Waals surface area contributed by atoms with Gasteiger partial charge in [0.05, 0.1) is 0 Å². The van der Waals surface area contributed by atoms with E-state index in [1.165, 1.54) is 11.1 Å². The molecule has 1 aromatic rings. The van der Waals surface area contributed by atoms with E-state index in [-0.39, 0.29) is 0 Å². The molecule has 0 saturated carbocycles. The summed E-state index contributed by atoms with van der Waals surface area (Å²) in [4.78, 5) is 0. The molecule has 0 aromatic heterocycles. The molecule has 1 radical (unpaired) electrons. The van der Waals surface area contributed by atoms with Gasteiger partial charge in [-0.1, -0.05) is 32.0 Å². The Labute approximate surface area is 69.3 Å². The van der Waals surface area contributed by atoms with Crippen molar-refractivity contribution in [1.82, 2.24) is 0 Å². The van der Waals surface area contributed by atoms with E-state index in [0.717, 1.165) is 18.4 Å². The van der Waals surface area contributed by atoms with Gasteiger partial charge in [-0.2, -0.15) is 0 Å². The Morgan fingerprint density at radius 1 is 1.00 bits per heavy atom. The zero-order valence-electron chi connectivity index (χ0n) is 7.35. The lowest BCUT2D eigenvalue weighted by atomic mass is 10.0. The molecule has 0 spiro atoms. The van der Waals surface area contributed by atoms with Crippen LogP contribution >= 0.6 is 0 Å². The molecule has 0 nitrogen and oxygen atoms in total. The quantitative estimate of drug-likeness (QED) is 0.603. The Balaban J connectivity index is 3.02. The minimum Gasteiger partial charge on any atom is -0.0613 e. The van der Waals surface area contributed by atoms with Crippen LogP contribution in [0.3, 0.4) is 0 Å². The molecule has 0 bridgehead atoms. The Hall–Kier alpha value is -0.780. The normalized spacial score (nSPS) is 10.1. The molecule has 0 unspecified atom stereocenters. The second kappa shape index (κ2) is 3.56. The van der Waals surface area contributed by atoms with Gasteiger partial charge in [-0.3, -0.25) is 0 Å². The molecule has 0 atom stereocenters. The molecule has 0 heterocycles. The summed E-state index contributed by atoms with van der Waals surface area (Å²) in [7, 11) is 0. The topological polar surface area (TPSA) is 0 Å². The third kappa shape index (κ3) is 2.07. The van der Waals surface area contributed by atoms with Crippen LogP contribution in [-0.4, -0.2) is 0 Å². The van der Waals surface area contributed by atoms with Gasteiger partial charge < -0.3 is 0 Å². The minimum atomic E-state index is 1.11. The van der Waals surface area contributed by atoms with Gasteiger partial charge in [0.1, 0.15) is 0 Å². The number of rotatable bonds is 2. The maximum absolute atomic E-state index is 3.94. The lowest BCUT2D eigenvalue weighted by molar-refractivity contribution is 1.08. The van der Waals surface area contributed by atoms with Crippen LogP contribution in [0.15, 0.2) is 18.2 Å². The van der Waals surface area contributed by atoms with E-state index in [0.29, 0.717) is 0 Å². The van der Waals surface area contributed by atoms with Crippen molar-refractivity contribution in [2.24, 2.45) is 0 Å². The highest BCUT2D eigenvalue weighted by Crippen LogP contribution is 2.10. The number of benzene rings is 1. The van der Waals surface area contributed by atoms with Crippen LogP contribution in [0.25, 0.3) is 0 Å². The second-order valence-corrected chi connectivity index (χ2v) is 2.86. The maximum Gasteiger partial charge on any atom is -0.0238 e. The molecule has 1 aromatic carbocycles. The molecule has 0 heteroatoms. The summed E-state index contributed by atoms with van der Waals surface area (Å²) < 4.78 is 0. The highest BCUT2D eigenvalue weighted by molar-refractivity contribution is 5.31. The predicted molar refractivity (Wildman–Crippen MR) is 49.7 cm³/mol. The molecule has 0 aliphatic rings. The van der Waals surface area contributed by atoms with Gasteiger partial charge in [0.25, 0.3) is 0 Å². The van der Waals surface area contributed by atoms with Gasteiger partial charge in [0.2, 0.25) is 0 Å². The zero-order valence-corrected chi connectivity index (χ0v) is 7.35. The molecule has 0 N–H and O–H groups in total. The van der Waals surface area contributed by atoms with Gasteiger partial charge in [0, 0.05) is 0 Å². The number of aryl methyl sites for hydroxylation is 2. The maximum atomic E-state index is 3.94. The smallest absolute Gasteiger partial charge is 0.0238 e. The monoisotopic (exact) mass is 147 g/mol. The van der Waals surface area contributed by atoms with E-state index in [1.807, 2.05) is 0 Å². The van der Waals surface area contributed by atoms with Crippen molar-refractivity contribution in [3.63, 3.8) is 0 Å². The fraction of sp³-hybridized carbons (Fsp3) is 0.364. The number of hydrogen-bond donors (Lipinski definition) is 0. The first-order chi connectivity index (χ1) is 5.26. The Morgan fingerprint density at radius 2 is 1.45 bits per heavy atom. The summed E-state index contributed by atoms with van der Waals surface area (Å²) in [5.74, 6) is 0. The van der Waals surface area contributed by atoms with Gasteiger partial charge in [-0.15, -0.1) is 0 Å². The first kappa shape index (κ1) is 8.32. The van der Waals surface area contributed by atoms with Crippen molar-refractivity contribution in [3.05, 3.63) is 41.8 Å². The summed E-state index contributed by atoms with van der Waals surface area (Å²) in [5.41, 5.74) is 3.94. The molecule has 0 aliphatic heterocycles. The van der Waals surface area contributed by atoms with E-state index >= 15 is 0 Å². The fourth-order valence-corrected chi connectivity index (χ4v) is 1.25. The molecule has 0 fully saturated rings. The first-order valence-electron chi connectivity index (χ1n) is 4.21. The average Bonchev–Trinajstić information content (AvgIpc) is 2.03. The lowest BCUT2D eigenvalue weighted by Gasteiger charge is -2.02. The highest BCUT2D eigenvalue weighted by Gasteiger charge is 1.94. The summed E-state index contributed by atoms with van der Waals surface area (Å²) in [6.45, 7) is 8.29. The summed E-state index contributed by atoms with van der Waals surface area (Å²) in [6.07, 6.45) is 2.22. The van der Waals surface area contributed by atoms with Gasteiger partial charge >= 0.3 is 0 Å². The molecule has 0 saturated heterocycles. The molecule has 11 heavy (non-hydrogen) atoms. The molecular formula is C11H15. The van der Waals surface area contributed by atoms with Crippen LogP contribution in [0.1, 0.15) is 30.5 Å². The molecule has 1 rings (SSSR count). The lowest BCUT2D eigenvalue weighted by Crippen LogP contribution is -1.87. The second-order valence-electron chi connectivity index (χ2n) is 2.86. The van der Waals surface area contributed by atoms with Crippen LogP contribution in [0, 0.1) is 6.92 Å². The van der Waals surface area contributed by atoms with Crippen molar-refractivity contribution in [3.8, 4) is 0 Å². The van der Waals surface area contributed by atoms with Crippen molar-refractivity contribution in [2.45, 2.75) is 26.7 Å². The predicted octanol–water partition coefficient (Wildman–Crippen LogP) is 2.99. The van der Waals surface area contributed by atoms with Gasteiger partial charge in [0.15, 0.2) is 0 Å². The molecule has 59 valence electrons. The average molecular weight is 147 g/mol. The Kier molecular flexibility index (Phi) is 2.70. The summed E-state index contributed by atoms with van der Waals surface area (Å²) in [6, 6.07) is 6.56. The molecule has 0 aliphatic carbocycles. The number of hydrogen-bond acceptors (Lipinski definition) is 0. The van der Waals surface area contributed by atoms with Crippen LogP contribution in [0.4, 0.5) is 0 Å². The van der Waals surface area contributed by atoms with E-state index in [2.05, 4.69) is 39.0 Å². The standard InChI is InChI=1S/C11H15/c1-4-10-6-9(3)7-11(5-2)8-10/h6-8H,3-5H2,1-2H3. The zero-order chi connectivity index (χ0) is 8.27. The van der Waals surface area contributed by atoms with Crippen LogP contribution in [0.2, 0.25) is 0 Å². The van der Waals surface area contributed by atoms with Crippen molar-refractivity contribution >= 4 is 0 Å². The molecule has 0 amide bonds. The third-order valence-corrected chi connectivity index (χ3v) is 1.93. The summed E-state index contributed by atoms with van der Waals surface area (Å²) in [5, 5.41) is 0. The largest absolute Gasteiger partial charge is 0.0613 e. The van der Waals surface area contributed by atoms with E-state index in [4.69, 9.17) is 0 Å². The van der Waals surface area contributed by atoms with Crippen LogP contribution < -0.4 is 0 Å². The van der Waals surface area contributed by atoms with E-state index in [9.17, 15) is 0 Å². The minimum absolute atomic E-state index is 1.11. The first-order valence-corrected chi connectivity index (χ1v) is 4.21. The van der Waals surface area contributed by atoms with Crippen molar-refractivity contribution < 1.29 is 0 Å². The summed E-state index contributed by atoms with van der Waals surface area (Å²) >= 11 is 0. The van der Waals surface area contributed by atoms with Gasteiger partial charge in [-0.05, 0) is 36.5 Å². The van der Waals surface area contributed by atoms with E-state index in [1.54, 1.807) is 0 Å². The third-order valence-electron chi connectivity index (χ3n) is 1.93. The van der Waals surface area contributed by atoms with Crippen LogP contribution in [0.5, 0.6) is 0 Å². The highest BCUT2D eigenvalue weighted by atomic mass is 14.0. The Bertz CT molecular complexity index is 214. The van der Waals surface area contributed by atoms with Crippen molar-refractivity contribution in [2.75, 3.05) is 0 Å². The van der Waals surface area contributed by atoms with Crippen molar-refractivity contribution in [1.29, 1.82) is 0 Å². The van der Waals surface area contributed by atoms with Crippen LogP contribution in [-0.2, 0) is 12.8 Å². The van der Waals surface area contributed by atoms with Gasteiger partial charge in [-0.25, -0.2) is 0 Å². The SMILES string of the molecule is [CH2]c1cc(CC)cc(CC)c1.